The number of nitrogens with zero attached hydrogens (tertiary/aromatic N) is 1. The third-order valence-corrected chi connectivity index (χ3v) is 3.74. The number of hydrogen-bond acceptors (Lipinski definition) is 2. The van der Waals surface area contributed by atoms with Gasteiger partial charge in [0.2, 0.25) is 0 Å². The largest absolute Gasteiger partial charge is 0.314 e. The summed E-state index contributed by atoms with van der Waals surface area (Å²) in [4.78, 5) is 2.63. The highest BCUT2D eigenvalue weighted by Crippen LogP contribution is 2.22. The summed E-state index contributed by atoms with van der Waals surface area (Å²) < 4.78 is 0. The first-order chi connectivity index (χ1) is 6.38. The van der Waals surface area contributed by atoms with E-state index >= 15 is 0 Å². The molecule has 2 aliphatic rings. The van der Waals surface area contributed by atoms with Crippen molar-refractivity contribution in [2.45, 2.75) is 50.6 Å². The fourth-order valence-corrected chi connectivity index (χ4v) is 2.52. The van der Waals surface area contributed by atoms with Crippen LogP contribution in [0.3, 0.4) is 0 Å². The molecule has 1 N–H and O–H groups in total. The monoisotopic (exact) mass is 182 g/mol. The van der Waals surface area contributed by atoms with Crippen LogP contribution in [0.15, 0.2) is 0 Å². The summed E-state index contributed by atoms with van der Waals surface area (Å²) >= 11 is 0. The van der Waals surface area contributed by atoms with E-state index in [9.17, 15) is 0 Å². The van der Waals surface area contributed by atoms with Gasteiger partial charge in [0, 0.05) is 25.2 Å². The van der Waals surface area contributed by atoms with Crippen LogP contribution in [0.25, 0.3) is 0 Å². The molecule has 0 bridgehead atoms. The molecule has 2 rings (SSSR count). The summed E-state index contributed by atoms with van der Waals surface area (Å²) in [6.07, 6.45) is 8.71. The Morgan fingerprint density at radius 3 is 2.00 bits per heavy atom. The van der Waals surface area contributed by atoms with Gasteiger partial charge >= 0.3 is 0 Å². The number of hydrogen-bond donors (Lipinski definition) is 1. The lowest BCUT2D eigenvalue weighted by atomic mass is 10.0. The molecule has 0 atom stereocenters. The highest BCUT2D eigenvalue weighted by atomic mass is 15.2. The van der Waals surface area contributed by atoms with Crippen LogP contribution in [0.4, 0.5) is 0 Å². The average molecular weight is 182 g/mol. The van der Waals surface area contributed by atoms with E-state index in [4.69, 9.17) is 0 Å². The highest BCUT2D eigenvalue weighted by Gasteiger charge is 2.27. The predicted molar refractivity (Wildman–Crippen MR) is 55.9 cm³/mol. The first-order valence-electron chi connectivity index (χ1n) is 5.80. The van der Waals surface area contributed by atoms with Crippen LogP contribution in [-0.4, -0.2) is 37.1 Å². The molecule has 1 saturated carbocycles. The lowest BCUT2D eigenvalue weighted by Crippen LogP contribution is -2.58. The summed E-state index contributed by atoms with van der Waals surface area (Å²) in [5, 5.41) is 3.36. The van der Waals surface area contributed by atoms with Crippen molar-refractivity contribution in [3.05, 3.63) is 0 Å². The summed E-state index contributed by atoms with van der Waals surface area (Å²) in [6.45, 7) is 2.43. The first-order valence-corrected chi connectivity index (χ1v) is 5.80. The van der Waals surface area contributed by atoms with Crippen molar-refractivity contribution in [1.29, 1.82) is 0 Å². The highest BCUT2D eigenvalue weighted by molar-refractivity contribution is 4.87. The van der Waals surface area contributed by atoms with Crippen molar-refractivity contribution in [2.24, 2.45) is 0 Å². The fourth-order valence-electron chi connectivity index (χ4n) is 2.52. The predicted octanol–water partition coefficient (Wildman–Crippen LogP) is 1.61. The maximum absolute atomic E-state index is 3.36. The van der Waals surface area contributed by atoms with Crippen molar-refractivity contribution < 1.29 is 0 Å². The van der Waals surface area contributed by atoms with Crippen molar-refractivity contribution in [2.75, 3.05) is 20.1 Å². The molecule has 0 radical (unpaired) electrons. The van der Waals surface area contributed by atoms with E-state index in [1.807, 2.05) is 0 Å². The molecule has 0 amide bonds. The minimum Gasteiger partial charge on any atom is -0.314 e. The van der Waals surface area contributed by atoms with Gasteiger partial charge in [-0.05, 0) is 19.9 Å². The summed E-state index contributed by atoms with van der Waals surface area (Å²) in [6, 6.07) is 1.72. The van der Waals surface area contributed by atoms with Gasteiger partial charge in [0.25, 0.3) is 0 Å². The third-order valence-electron chi connectivity index (χ3n) is 3.74. The molecule has 2 heteroatoms. The Morgan fingerprint density at radius 2 is 1.54 bits per heavy atom. The summed E-state index contributed by atoms with van der Waals surface area (Å²) in [5.74, 6) is 0. The van der Waals surface area contributed by atoms with E-state index in [0.29, 0.717) is 0 Å². The topological polar surface area (TPSA) is 15.3 Å². The Kier molecular flexibility index (Phi) is 3.23. The van der Waals surface area contributed by atoms with Crippen LogP contribution >= 0.6 is 0 Å². The molecule has 13 heavy (non-hydrogen) atoms. The Bertz CT molecular complexity index is 146. The molecule has 1 aliphatic heterocycles. The van der Waals surface area contributed by atoms with E-state index in [1.54, 1.807) is 0 Å². The van der Waals surface area contributed by atoms with Crippen molar-refractivity contribution in [1.82, 2.24) is 10.2 Å². The molecule has 76 valence electrons. The van der Waals surface area contributed by atoms with Gasteiger partial charge in [0.15, 0.2) is 0 Å². The lowest BCUT2D eigenvalue weighted by Gasteiger charge is -2.40. The second kappa shape index (κ2) is 4.43. The van der Waals surface area contributed by atoms with Crippen LogP contribution in [0.5, 0.6) is 0 Å². The van der Waals surface area contributed by atoms with E-state index in [-0.39, 0.29) is 0 Å². The van der Waals surface area contributed by atoms with E-state index in [2.05, 4.69) is 17.3 Å². The molecule has 0 aromatic rings. The number of nitrogens with one attached hydrogen (secondary N) is 1. The third kappa shape index (κ3) is 2.23. The Balaban J connectivity index is 1.82. The zero-order valence-electron chi connectivity index (χ0n) is 8.76. The maximum atomic E-state index is 3.36. The van der Waals surface area contributed by atoms with E-state index in [1.165, 1.54) is 51.6 Å². The molecule has 0 aromatic heterocycles. The molecule has 2 nitrogen and oxygen atoms in total. The number of likely N-dealkylation sites (N-methyl/N-ethyl adjacent to an activating group) is 1. The summed E-state index contributed by atoms with van der Waals surface area (Å²) in [5.41, 5.74) is 0. The van der Waals surface area contributed by atoms with Crippen molar-refractivity contribution >= 4 is 0 Å². The maximum Gasteiger partial charge on any atom is 0.0345 e. The molecule has 0 spiro atoms. The quantitative estimate of drug-likeness (QED) is 0.653. The Labute approximate surface area is 81.7 Å². The Hall–Kier alpha value is -0.0800. The molecule has 1 heterocycles. The van der Waals surface area contributed by atoms with Crippen LogP contribution < -0.4 is 5.32 Å². The molecular formula is C11H22N2. The molecular weight excluding hydrogens is 160 g/mol. The zero-order chi connectivity index (χ0) is 9.10. The second-order valence-electron chi connectivity index (χ2n) is 4.62. The molecule has 1 saturated heterocycles. The smallest absolute Gasteiger partial charge is 0.0345 e. The van der Waals surface area contributed by atoms with Crippen LogP contribution in [0, 0.1) is 0 Å². The van der Waals surface area contributed by atoms with Crippen LogP contribution in [0.2, 0.25) is 0 Å². The molecule has 2 fully saturated rings. The van der Waals surface area contributed by atoms with Gasteiger partial charge in [-0.2, -0.15) is 0 Å². The first kappa shape index (κ1) is 9.47. The number of rotatable bonds is 2. The van der Waals surface area contributed by atoms with Crippen molar-refractivity contribution in [3.8, 4) is 0 Å². The fraction of sp³-hybridized carbons (Fsp3) is 1.00. The zero-order valence-corrected chi connectivity index (χ0v) is 8.76. The minimum atomic E-state index is 0.836. The van der Waals surface area contributed by atoms with Crippen molar-refractivity contribution in [3.63, 3.8) is 0 Å². The van der Waals surface area contributed by atoms with Gasteiger partial charge < -0.3 is 5.32 Å². The second-order valence-corrected chi connectivity index (χ2v) is 4.62. The van der Waals surface area contributed by atoms with Gasteiger partial charge in [-0.25, -0.2) is 0 Å². The lowest BCUT2D eigenvalue weighted by molar-refractivity contribution is 0.117. The molecule has 0 aromatic carbocycles. The van der Waals surface area contributed by atoms with Gasteiger partial charge in [0.05, 0.1) is 0 Å². The van der Waals surface area contributed by atoms with E-state index < -0.39 is 0 Å². The minimum absolute atomic E-state index is 0.836. The van der Waals surface area contributed by atoms with E-state index in [0.717, 1.165) is 12.1 Å². The normalized spacial score (nSPS) is 27.2. The summed E-state index contributed by atoms with van der Waals surface area (Å²) in [7, 11) is 2.32. The van der Waals surface area contributed by atoms with Gasteiger partial charge in [0.1, 0.15) is 0 Å². The molecule has 0 unspecified atom stereocenters. The molecule has 1 aliphatic carbocycles. The van der Waals surface area contributed by atoms with Gasteiger partial charge in [-0.15, -0.1) is 0 Å². The standard InChI is InChI=1S/C11H22N2/c1-13(11-8-12-9-11)10-6-4-2-3-5-7-10/h10-12H,2-9H2,1H3. The van der Waals surface area contributed by atoms with Crippen LogP contribution in [-0.2, 0) is 0 Å². The average Bonchev–Trinajstić information content (AvgIpc) is 2.27. The van der Waals surface area contributed by atoms with Gasteiger partial charge in [-0.1, -0.05) is 25.7 Å². The van der Waals surface area contributed by atoms with Crippen LogP contribution in [0.1, 0.15) is 38.5 Å². The van der Waals surface area contributed by atoms with Gasteiger partial charge in [-0.3, -0.25) is 4.90 Å². The SMILES string of the molecule is CN(C1CCCCCC1)C1CNC1. The Morgan fingerprint density at radius 1 is 0.923 bits per heavy atom.